The van der Waals surface area contributed by atoms with E-state index in [0.29, 0.717) is 31.5 Å². The lowest BCUT2D eigenvalue weighted by atomic mass is 10.2. The average molecular weight is 397 g/mol. The van der Waals surface area contributed by atoms with Crippen LogP contribution >= 0.6 is 0 Å². The van der Waals surface area contributed by atoms with Crippen molar-refractivity contribution >= 4 is 34.4 Å². The third kappa shape index (κ3) is 4.35. The number of amides is 1. The van der Waals surface area contributed by atoms with Crippen molar-refractivity contribution in [2.24, 2.45) is 0 Å². The van der Waals surface area contributed by atoms with E-state index in [1.54, 1.807) is 13.2 Å². The zero-order valence-corrected chi connectivity index (χ0v) is 16.3. The Morgan fingerprint density at radius 3 is 2.79 bits per heavy atom. The van der Waals surface area contributed by atoms with Crippen molar-refractivity contribution in [1.29, 1.82) is 0 Å². The summed E-state index contributed by atoms with van der Waals surface area (Å²) in [7, 11) is 3.18. The molecule has 11 nitrogen and oxygen atoms in total. The molecular weight excluding hydrogens is 374 g/mol. The molecule has 3 N–H and O–H groups in total. The molecule has 1 fully saturated rings. The molecule has 1 aliphatic rings. The fraction of sp³-hybridized carbons (Fsp3) is 0.389. The van der Waals surface area contributed by atoms with Crippen LogP contribution in [0, 0.1) is 0 Å². The zero-order valence-electron chi connectivity index (χ0n) is 16.3. The van der Waals surface area contributed by atoms with Gasteiger partial charge < -0.3 is 20.3 Å². The number of fused-ring (bicyclic) bond motifs is 1. The molecule has 1 aromatic carbocycles. The number of benzene rings is 1. The molecule has 152 valence electrons. The van der Waals surface area contributed by atoms with Crippen LogP contribution in [0.4, 0.5) is 17.6 Å². The molecule has 1 amide bonds. The highest BCUT2D eigenvalue weighted by atomic mass is 16.5. The van der Waals surface area contributed by atoms with Crippen molar-refractivity contribution in [2.75, 3.05) is 57.1 Å². The molecule has 0 radical (unpaired) electrons. The van der Waals surface area contributed by atoms with E-state index in [2.05, 4.69) is 45.6 Å². The molecular formula is C18H23N9O2. The number of anilines is 3. The maximum Gasteiger partial charge on any atom is 0.322 e. The molecule has 2 aromatic heterocycles. The number of likely N-dealkylation sites (N-methyl/N-ethyl adjacent to an activating group) is 1. The Labute approximate surface area is 167 Å². The Kier molecular flexibility index (Phi) is 5.38. The van der Waals surface area contributed by atoms with Crippen LogP contribution in [0.15, 0.2) is 24.4 Å². The summed E-state index contributed by atoms with van der Waals surface area (Å²) in [6.45, 7) is 3.32. The Bertz CT molecular complexity index is 998. The predicted octanol–water partition coefficient (Wildman–Crippen LogP) is 0.368. The second-order valence-corrected chi connectivity index (χ2v) is 6.68. The van der Waals surface area contributed by atoms with Crippen LogP contribution in [0.2, 0.25) is 0 Å². The van der Waals surface area contributed by atoms with Crippen LogP contribution in [0.3, 0.4) is 0 Å². The monoisotopic (exact) mass is 397 g/mol. The number of carbonyl (C=O) groups excluding carboxylic acids is 1. The number of rotatable bonds is 6. The van der Waals surface area contributed by atoms with Gasteiger partial charge >= 0.3 is 6.01 Å². The summed E-state index contributed by atoms with van der Waals surface area (Å²) in [6.07, 6.45) is 1.77. The molecule has 3 aromatic rings. The first-order chi connectivity index (χ1) is 14.1. The molecule has 3 heterocycles. The number of aromatic amines is 1. The third-order valence-electron chi connectivity index (χ3n) is 4.78. The molecule has 0 atom stereocenters. The van der Waals surface area contributed by atoms with Crippen LogP contribution in [-0.2, 0) is 4.79 Å². The number of nitrogens with one attached hydrogen (secondary N) is 3. The highest BCUT2D eigenvalue weighted by Gasteiger charge is 2.22. The first kappa shape index (κ1) is 18.9. The van der Waals surface area contributed by atoms with Gasteiger partial charge in [-0.15, -0.1) is 0 Å². The summed E-state index contributed by atoms with van der Waals surface area (Å²) < 4.78 is 5.26. The number of hydrogen-bond donors (Lipinski definition) is 3. The number of H-pyrrole nitrogens is 1. The van der Waals surface area contributed by atoms with Gasteiger partial charge in [0.05, 0.1) is 25.4 Å². The summed E-state index contributed by atoms with van der Waals surface area (Å²) in [5, 5.41) is 13.9. The highest BCUT2D eigenvalue weighted by Crippen LogP contribution is 2.22. The van der Waals surface area contributed by atoms with Gasteiger partial charge in [0.15, 0.2) is 0 Å². The third-order valence-corrected chi connectivity index (χ3v) is 4.78. The lowest BCUT2D eigenvalue weighted by Gasteiger charge is -2.34. The Morgan fingerprint density at radius 1 is 1.21 bits per heavy atom. The van der Waals surface area contributed by atoms with Gasteiger partial charge in [-0.05, 0) is 18.2 Å². The van der Waals surface area contributed by atoms with Gasteiger partial charge in [-0.1, -0.05) is 0 Å². The van der Waals surface area contributed by atoms with Crippen molar-refractivity contribution in [3.63, 3.8) is 0 Å². The van der Waals surface area contributed by atoms with Crippen molar-refractivity contribution in [2.45, 2.75) is 0 Å². The number of nitrogens with zero attached hydrogens (tertiary/aromatic N) is 6. The van der Waals surface area contributed by atoms with E-state index in [9.17, 15) is 4.79 Å². The van der Waals surface area contributed by atoms with Gasteiger partial charge in [0.2, 0.25) is 17.8 Å². The van der Waals surface area contributed by atoms with Crippen molar-refractivity contribution in [3.8, 4) is 6.01 Å². The first-order valence-corrected chi connectivity index (χ1v) is 9.32. The molecule has 0 unspecified atom stereocenters. The van der Waals surface area contributed by atoms with Crippen LogP contribution in [0.1, 0.15) is 0 Å². The van der Waals surface area contributed by atoms with Gasteiger partial charge in [-0.2, -0.15) is 20.1 Å². The zero-order chi connectivity index (χ0) is 20.2. The minimum Gasteiger partial charge on any atom is -0.467 e. The van der Waals surface area contributed by atoms with Gasteiger partial charge in [-0.3, -0.25) is 14.8 Å². The first-order valence-electron chi connectivity index (χ1n) is 9.32. The lowest BCUT2D eigenvalue weighted by Crippen LogP contribution is -2.49. The Morgan fingerprint density at radius 2 is 2.03 bits per heavy atom. The van der Waals surface area contributed by atoms with Crippen LogP contribution < -0.4 is 20.3 Å². The summed E-state index contributed by atoms with van der Waals surface area (Å²) >= 11 is 0. The van der Waals surface area contributed by atoms with Gasteiger partial charge in [0.25, 0.3) is 0 Å². The molecule has 0 saturated carbocycles. The fourth-order valence-electron chi connectivity index (χ4n) is 3.17. The molecule has 11 heteroatoms. The van der Waals surface area contributed by atoms with Crippen LogP contribution in [0.5, 0.6) is 6.01 Å². The second kappa shape index (κ2) is 8.27. The molecule has 0 aliphatic carbocycles. The summed E-state index contributed by atoms with van der Waals surface area (Å²) in [5.74, 6) is 0.959. The van der Waals surface area contributed by atoms with E-state index in [1.165, 1.54) is 7.11 Å². The van der Waals surface area contributed by atoms with E-state index in [1.807, 2.05) is 18.2 Å². The highest BCUT2D eigenvalue weighted by molar-refractivity contribution is 5.82. The van der Waals surface area contributed by atoms with E-state index in [4.69, 9.17) is 4.74 Å². The number of methoxy groups -OCH3 is 1. The van der Waals surface area contributed by atoms with E-state index < -0.39 is 0 Å². The summed E-state index contributed by atoms with van der Waals surface area (Å²) in [6, 6.07) is 6.08. The summed E-state index contributed by atoms with van der Waals surface area (Å²) in [5.41, 5.74) is 1.75. The Hall–Kier alpha value is -3.47. The number of ether oxygens (including phenoxy) is 1. The topological polar surface area (TPSA) is 124 Å². The average Bonchev–Trinajstić information content (AvgIpc) is 3.21. The van der Waals surface area contributed by atoms with Crippen molar-refractivity contribution in [1.82, 2.24) is 35.4 Å². The molecule has 29 heavy (non-hydrogen) atoms. The quantitative estimate of drug-likeness (QED) is 0.541. The largest absolute Gasteiger partial charge is 0.467 e. The van der Waals surface area contributed by atoms with Gasteiger partial charge in [0, 0.05) is 44.3 Å². The maximum absolute atomic E-state index is 11.6. The number of aromatic nitrogens is 5. The van der Waals surface area contributed by atoms with Gasteiger partial charge in [-0.25, -0.2) is 0 Å². The van der Waals surface area contributed by atoms with Crippen molar-refractivity contribution < 1.29 is 9.53 Å². The minimum atomic E-state index is 0.0148. The lowest BCUT2D eigenvalue weighted by molar-refractivity contribution is -0.121. The standard InChI is InChI=1S/C18H23N9O2/c1-19-15(28)11-26-5-7-27(8-6-26)17-22-16(23-18(24-17)29-2)21-13-4-3-12-10-20-25-14(12)9-13/h3-4,9-10H,5-8,11H2,1-2H3,(H,19,28)(H,20,25)(H,21,22,23,24). The number of hydrogen-bond acceptors (Lipinski definition) is 9. The second-order valence-electron chi connectivity index (χ2n) is 6.68. The fourth-order valence-corrected chi connectivity index (χ4v) is 3.17. The molecule has 1 aliphatic heterocycles. The van der Waals surface area contributed by atoms with Crippen LogP contribution in [0.25, 0.3) is 10.9 Å². The molecule has 0 spiro atoms. The van der Waals surface area contributed by atoms with Crippen molar-refractivity contribution in [3.05, 3.63) is 24.4 Å². The maximum atomic E-state index is 11.6. The SMILES string of the molecule is CNC(=O)CN1CCN(c2nc(Nc3ccc4cn[nH]c4c3)nc(OC)n2)CC1. The summed E-state index contributed by atoms with van der Waals surface area (Å²) in [4.78, 5) is 29.0. The normalized spacial score (nSPS) is 14.8. The van der Waals surface area contributed by atoms with E-state index >= 15 is 0 Å². The molecule has 0 bridgehead atoms. The molecule has 4 rings (SSSR count). The molecule has 1 saturated heterocycles. The minimum absolute atomic E-state index is 0.0148. The van der Waals surface area contributed by atoms with E-state index in [-0.39, 0.29) is 11.9 Å². The van der Waals surface area contributed by atoms with E-state index in [0.717, 1.165) is 29.7 Å². The number of piperazine rings is 1. The van der Waals surface area contributed by atoms with Crippen LogP contribution in [-0.4, -0.2) is 82.8 Å². The Balaban J connectivity index is 1.49. The number of carbonyl (C=O) groups is 1. The smallest absolute Gasteiger partial charge is 0.322 e. The van der Waals surface area contributed by atoms with Gasteiger partial charge in [0.1, 0.15) is 0 Å². The predicted molar refractivity (Wildman–Crippen MR) is 108 cm³/mol.